The molecule has 2 aliphatic rings. The number of amides is 3. The number of carbonyl (C=O) groups is 2. The first-order chi connectivity index (χ1) is 13.3. The molecule has 0 aromatic carbocycles. The van der Waals surface area contributed by atoms with Crippen LogP contribution >= 0.6 is 24.0 Å². The maximum atomic E-state index is 13.0. The van der Waals surface area contributed by atoms with E-state index in [4.69, 9.17) is 0 Å². The van der Waals surface area contributed by atoms with Crippen molar-refractivity contribution in [2.24, 2.45) is 10.9 Å². The molecule has 1 aromatic heterocycles. The molecule has 2 fully saturated rings. The Hall–Kier alpha value is -1.99. The Morgan fingerprint density at radius 3 is 2.66 bits per heavy atom. The van der Waals surface area contributed by atoms with Crippen LogP contribution in [0, 0.1) is 5.92 Å². The lowest BCUT2D eigenvalue weighted by molar-refractivity contribution is -0.125. The standard InChI is InChI=1S/C17H25F2N7O2.HI/c1-3-20-15(22-10-12-21-6-9-26(12)14(18)19)25-7-4-11(5-8-25)17(2)13(27)23-16(28)24-17;/h6,9,11,14H,3-5,7-8,10H2,1-2H3,(H,20,22)(H2,23,24,27,28);1H. The van der Waals surface area contributed by atoms with E-state index in [1.165, 1.54) is 12.4 Å². The topological polar surface area (TPSA) is 104 Å². The monoisotopic (exact) mass is 525 g/mol. The van der Waals surface area contributed by atoms with Gasteiger partial charge >= 0.3 is 12.6 Å². The normalized spacial score (nSPS) is 23.1. The van der Waals surface area contributed by atoms with E-state index in [0.29, 0.717) is 38.4 Å². The number of nitrogens with zero attached hydrogens (tertiary/aromatic N) is 4. The van der Waals surface area contributed by atoms with E-state index in [-0.39, 0.29) is 48.2 Å². The molecule has 3 rings (SSSR count). The van der Waals surface area contributed by atoms with Gasteiger partial charge in [0.2, 0.25) is 0 Å². The summed E-state index contributed by atoms with van der Waals surface area (Å²) in [5.74, 6) is 0.527. The van der Waals surface area contributed by atoms with Crippen molar-refractivity contribution < 1.29 is 18.4 Å². The molecule has 1 aromatic rings. The number of carbonyl (C=O) groups excluding carboxylic acids is 2. The largest absolute Gasteiger partial charge is 0.357 e. The van der Waals surface area contributed by atoms with Crippen LogP contribution in [-0.2, 0) is 11.3 Å². The fraction of sp³-hybridized carbons (Fsp3) is 0.647. The molecular weight excluding hydrogens is 499 g/mol. The molecule has 0 spiro atoms. The molecule has 162 valence electrons. The highest BCUT2D eigenvalue weighted by atomic mass is 127. The molecule has 1 unspecified atom stereocenters. The number of halogens is 3. The number of likely N-dealkylation sites (tertiary alicyclic amines) is 1. The predicted octanol–water partition coefficient (Wildman–Crippen LogP) is 1.67. The smallest absolute Gasteiger partial charge is 0.322 e. The Bertz CT molecular complexity index is 765. The molecule has 9 nitrogen and oxygen atoms in total. The van der Waals surface area contributed by atoms with Gasteiger partial charge in [-0.15, -0.1) is 24.0 Å². The number of guanidine groups is 1. The first-order valence-electron chi connectivity index (χ1n) is 9.32. The minimum absolute atomic E-state index is 0. The lowest BCUT2D eigenvalue weighted by Gasteiger charge is -2.39. The van der Waals surface area contributed by atoms with Crippen LogP contribution in [0.4, 0.5) is 13.6 Å². The highest BCUT2D eigenvalue weighted by Crippen LogP contribution is 2.30. The molecule has 0 radical (unpaired) electrons. The van der Waals surface area contributed by atoms with E-state index in [1.807, 2.05) is 11.8 Å². The molecule has 0 aliphatic carbocycles. The van der Waals surface area contributed by atoms with Crippen molar-refractivity contribution in [2.75, 3.05) is 19.6 Å². The third kappa shape index (κ3) is 4.95. The lowest BCUT2D eigenvalue weighted by Crippen LogP contribution is -2.55. The summed E-state index contributed by atoms with van der Waals surface area (Å²) in [6.45, 7) is 2.98. The van der Waals surface area contributed by atoms with E-state index >= 15 is 0 Å². The molecule has 29 heavy (non-hydrogen) atoms. The summed E-state index contributed by atoms with van der Waals surface area (Å²) < 4.78 is 26.7. The van der Waals surface area contributed by atoms with Gasteiger partial charge in [0.15, 0.2) is 5.96 Å². The number of aromatic nitrogens is 2. The van der Waals surface area contributed by atoms with Crippen LogP contribution in [0.5, 0.6) is 0 Å². The molecule has 3 heterocycles. The van der Waals surface area contributed by atoms with Gasteiger partial charge in [-0.25, -0.2) is 14.8 Å². The predicted molar refractivity (Wildman–Crippen MR) is 113 cm³/mol. The van der Waals surface area contributed by atoms with E-state index in [2.05, 4.69) is 25.9 Å². The van der Waals surface area contributed by atoms with Gasteiger partial charge in [-0.2, -0.15) is 8.78 Å². The second-order valence-electron chi connectivity index (χ2n) is 7.07. The first-order valence-corrected chi connectivity index (χ1v) is 9.32. The number of imidazole rings is 1. The number of rotatable bonds is 5. The third-order valence-electron chi connectivity index (χ3n) is 5.35. The summed E-state index contributed by atoms with van der Waals surface area (Å²) in [5, 5.41) is 8.21. The van der Waals surface area contributed by atoms with Crippen LogP contribution in [0.2, 0.25) is 0 Å². The molecule has 1 atom stereocenters. The van der Waals surface area contributed by atoms with Gasteiger partial charge in [-0.1, -0.05) is 0 Å². The number of hydrogen-bond donors (Lipinski definition) is 3. The van der Waals surface area contributed by atoms with Crippen molar-refractivity contribution in [3.05, 3.63) is 18.2 Å². The van der Waals surface area contributed by atoms with Crippen LogP contribution in [0.25, 0.3) is 0 Å². The van der Waals surface area contributed by atoms with Crippen LogP contribution in [0.1, 0.15) is 39.1 Å². The van der Waals surface area contributed by atoms with Gasteiger partial charge in [0.05, 0.1) is 0 Å². The van der Waals surface area contributed by atoms with Gasteiger partial charge in [0.25, 0.3) is 5.91 Å². The summed E-state index contributed by atoms with van der Waals surface area (Å²) in [6.07, 6.45) is 3.95. The Morgan fingerprint density at radius 2 is 2.10 bits per heavy atom. The van der Waals surface area contributed by atoms with Gasteiger partial charge in [-0.05, 0) is 32.6 Å². The van der Waals surface area contributed by atoms with Crippen molar-refractivity contribution in [1.82, 2.24) is 30.4 Å². The highest BCUT2D eigenvalue weighted by Gasteiger charge is 2.48. The zero-order valence-electron chi connectivity index (χ0n) is 16.3. The number of aliphatic imine (C=N–C) groups is 1. The number of urea groups is 1. The summed E-state index contributed by atoms with van der Waals surface area (Å²) in [7, 11) is 0. The first kappa shape index (κ1) is 23.3. The van der Waals surface area contributed by atoms with Crippen molar-refractivity contribution in [2.45, 2.75) is 45.3 Å². The SMILES string of the molecule is CCNC(=NCc1nccn1C(F)F)N1CCC(C2(C)NC(=O)NC2=O)CC1.I. The average Bonchev–Trinajstić information content (AvgIpc) is 3.23. The van der Waals surface area contributed by atoms with Crippen molar-refractivity contribution >= 4 is 41.9 Å². The summed E-state index contributed by atoms with van der Waals surface area (Å²) >= 11 is 0. The number of hydrogen-bond acceptors (Lipinski definition) is 4. The molecule has 12 heteroatoms. The molecule has 3 N–H and O–H groups in total. The second-order valence-corrected chi connectivity index (χ2v) is 7.07. The molecule has 2 aliphatic heterocycles. The van der Waals surface area contributed by atoms with E-state index in [9.17, 15) is 18.4 Å². The van der Waals surface area contributed by atoms with E-state index < -0.39 is 18.1 Å². The van der Waals surface area contributed by atoms with Crippen molar-refractivity contribution in [1.29, 1.82) is 0 Å². The Morgan fingerprint density at radius 1 is 1.41 bits per heavy atom. The minimum atomic E-state index is -2.65. The van der Waals surface area contributed by atoms with Crippen LogP contribution in [0.15, 0.2) is 17.4 Å². The Balaban J connectivity index is 0.00000300. The second kappa shape index (κ2) is 9.67. The Kier molecular flexibility index (Phi) is 7.77. The highest BCUT2D eigenvalue weighted by molar-refractivity contribution is 14.0. The van der Waals surface area contributed by atoms with Crippen molar-refractivity contribution in [3.63, 3.8) is 0 Å². The quantitative estimate of drug-likeness (QED) is 0.235. The maximum Gasteiger partial charge on any atom is 0.322 e. The Labute approximate surface area is 184 Å². The van der Waals surface area contributed by atoms with E-state index in [1.54, 1.807) is 6.92 Å². The summed E-state index contributed by atoms with van der Waals surface area (Å²) in [6, 6.07) is -0.459. The minimum Gasteiger partial charge on any atom is -0.357 e. The van der Waals surface area contributed by atoms with Gasteiger partial charge in [-0.3, -0.25) is 14.7 Å². The van der Waals surface area contributed by atoms with Crippen LogP contribution in [-0.4, -0.2) is 57.5 Å². The molecule has 3 amide bonds. The number of piperidine rings is 1. The third-order valence-corrected chi connectivity index (χ3v) is 5.35. The number of imide groups is 1. The summed E-state index contributed by atoms with van der Waals surface area (Å²) in [5.41, 5.74) is -0.902. The fourth-order valence-electron chi connectivity index (χ4n) is 3.73. The fourth-order valence-corrected chi connectivity index (χ4v) is 3.73. The molecule has 2 saturated heterocycles. The van der Waals surface area contributed by atoms with Gasteiger partial charge in [0, 0.05) is 32.0 Å². The molecular formula is C17H26F2IN7O2. The average molecular weight is 525 g/mol. The van der Waals surface area contributed by atoms with Crippen LogP contribution < -0.4 is 16.0 Å². The molecule has 0 bridgehead atoms. The number of nitrogens with one attached hydrogen (secondary N) is 3. The van der Waals surface area contributed by atoms with Gasteiger partial charge in [0.1, 0.15) is 17.9 Å². The zero-order valence-corrected chi connectivity index (χ0v) is 18.7. The summed E-state index contributed by atoms with van der Waals surface area (Å²) in [4.78, 5) is 34.1. The van der Waals surface area contributed by atoms with E-state index in [0.717, 1.165) is 4.57 Å². The number of alkyl halides is 2. The maximum absolute atomic E-state index is 13.0. The zero-order chi connectivity index (χ0) is 20.3. The molecule has 0 saturated carbocycles. The lowest BCUT2D eigenvalue weighted by atomic mass is 9.79. The van der Waals surface area contributed by atoms with Crippen molar-refractivity contribution in [3.8, 4) is 0 Å². The van der Waals surface area contributed by atoms with Crippen LogP contribution in [0.3, 0.4) is 0 Å². The van der Waals surface area contributed by atoms with Gasteiger partial charge < -0.3 is 15.5 Å².